The van der Waals surface area contributed by atoms with Crippen LogP contribution in [0.4, 0.5) is 0 Å². The van der Waals surface area contributed by atoms with E-state index < -0.39 is 15.6 Å². The van der Waals surface area contributed by atoms with Gasteiger partial charge in [-0.1, -0.05) is 41.4 Å². The molecule has 2 aromatic carbocycles. The van der Waals surface area contributed by atoms with Gasteiger partial charge >= 0.3 is 0 Å². The number of nitrogens with zero attached hydrogens (tertiary/aromatic N) is 3. The smallest absolute Gasteiger partial charge is 0.275 e. The lowest BCUT2D eigenvalue weighted by Crippen LogP contribution is -2.22. The van der Waals surface area contributed by atoms with Crippen LogP contribution in [-0.2, 0) is 17.1 Å². The van der Waals surface area contributed by atoms with E-state index in [1.54, 1.807) is 55.8 Å². The summed E-state index contributed by atoms with van der Waals surface area (Å²) in [4.78, 5) is 17.3. The van der Waals surface area contributed by atoms with Gasteiger partial charge in [-0.15, -0.1) is 0 Å². The molecule has 5 aromatic rings. The number of benzene rings is 2. The van der Waals surface area contributed by atoms with E-state index in [4.69, 9.17) is 11.6 Å². The summed E-state index contributed by atoms with van der Waals surface area (Å²) in [5, 5.41) is 2.80. The Morgan fingerprint density at radius 2 is 1.72 bits per heavy atom. The second-order valence-corrected chi connectivity index (χ2v) is 9.92. The zero-order chi connectivity index (χ0) is 22.6. The molecule has 0 aliphatic carbocycles. The highest BCUT2D eigenvalue weighted by Crippen LogP contribution is 2.31. The zero-order valence-corrected chi connectivity index (χ0v) is 18.9. The zero-order valence-electron chi connectivity index (χ0n) is 17.3. The minimum absolute atomic E-state index is 0.111. The largest absolute Gasteiger partial charge is 0.316 e. The lowest BCUT2D eigenvalue weighted by Gasteiger charge is -2.11. The normalized spacial score (nSPS) is 12.0. The molecule has 0 radical (unpaired) electrons. The van der Waals surface area contributed by atoms with E-state index in [0.717, 1.165) is 31.4 Å². The Bertz CT molecular complexity index is 1680. The number of rotatable bonds is 3. The minimum atomic E-state index is -3.94. The maximum Gasteiger partial charge on any atom is 0.275 e. The van der Waals surface area contributed by atoms with Crippen LogP contribution in [0.2, 0.25) is 5.15 Å². The van der Waals surface area contributed by atoms with Crippen molar-refractivity contribution in [3.8, 4) is 11.1 Å². The molecule has 32 heavy (non-hydrogen) atoms. The molecule has 0 bridgehead atoms. The fraction of sp³-hybridized carbons (Fsp3) is 0.0833. The van der Waals surface area contributed by atoms with E-state index in [-0.39, 0.29) is 10.4 Å². The van der Waals surface area contributed by atoms with Gasteiger partial charge in [0.25, 0.3) is 15.6 Å². The predicted molar refractivity (Wildman–Crippen MR) is 127 cm³/mol. The van der Waals surface area contributed by atoms with Crippen LogP contribution in [0.15, 0.2) is 82.9 Å². The summed E-state index contributed by atoms with van der Waals surface area (Å²) in [7, 11) is -2.32. The van der Waals surface area contributed by atoms with Gasteiger partial charge in [-0.05, 0) is 48.2 Å². The number of hydrogen-bond acceptors (Lipinski definition) is 4. The number of aryl methyl sites for hydroxylation is 2. The highest BCUT2D eigenvalue weighted by atomic mass is 35.5. The fourth-order valence-electron chi connectivity index (χ4n) is 3.87. The highest BCUT2D eigenvalue weighted by Gasteiger charge is 2.23. The van der Waals surface area contributed by atoms with E-state index in [1.807, 2.05) is 25.1 Å². The van der Waals surface area contributed by atoms with Crippen molar-refractivity contribution in [2.75, 3.05) is 0 Å². The van der Waals surface area contributed by atoms with Crippen molar-refractivity contribution in [1.82, 2.24) is 13.5 Å². The Morgan fingerprint density at radius 3 is 2.47 bits per heavy atom. The van der Waals surface area contributed by atoms with E-state index in [9.17, 15) is 13.2 Å². The van der Waals surface area contributed by atoms with E-state index in [1.165, 1.54) is 10.8 Å². The Hall–Kier alpha value is -3.42. The van der Waals surface area contributed by atoms with Crippen LogP contribution in [-0.4, -0.2) is 21.9 Å². The third-order valence-corrected chi connectivity index (χ3v) is 7.46. The molecule has 6 nitrogen and oxygen atoms in total. The molecule has 3 heterocycles. The first-order chi connectivity index (χ1) is 15.3. The molecule has 0 amide bonds. The van der Waals surface area contributed by atoms with Gasteiger partial charge in [-0.3, -0.25) is 4.79 Å². The fourth-order valence-corrected chi connectivity index (χ4v) is 5.38. The quantitative estimate of drug-likeness (QED) is 0.362. The molecule has 0 saturated carbocycles. The third kappa shape index (κ3) is 3.21. The van der Waals surface area contributed by atoms with Gasteiger partial charge in [0.15, 0.2) is 0 Å². The molecule has 0 atom stereocenters. The second-order valence-electron chi connectivity index (χ2n) is 7.72. The minimum Gasteiger partial charge on any atom is -0.316 e. The Kier molecular flexibility index (Phi) is 4.69. The number of aromatic nitrogens is 3. The Labute approximate surface area is 189 Å². The predicted octanol–water partition coefficient (Wildman–Crippen LogP) is 4.75. The lowest BCUT2D eigenvalue weighted by atomic mass is 10.0. The third-order valence-electron chi connectivity index (χ3n) is 5.57. The van der Waals surface area contributed by atoms with Crippen molar-refractivity contribution in [3.05, 3.63) is 94.3 Å². The molecule has 160 valence electrons. The van der Waals surface area contributed by atoms with Crippen molar-refractivity contribution in [2.24, 2.45) is 7.05 Å². The van der Waals surface area contributed by atoms with Crippen LogP contribution in [0.5, 0.6) is 0 Å². The number of fused-ring (bicyclic) bond motifs is 2. The molecular formula is C24H18ClN3O3S. The Morgan fingerprint density at radius 1 is 0.969 bits per heavy atom. The van der Waals surface area contributed by atoms with Crippen molar-refractivity contribution < 1.29 is 8.42 Å². The summed E-state index contributed by atoms with van der Waals surface area (Å²) < 4.78 is 29.1. The first-order valence-corrected chi connectivity index (χ1v) is 11.7. The molecule has 0 fully saturated rings. The number of pyridine rings is 2. The summed E-state index contributed by atoms with van der Waals surface area (Å²) in [5.74, 6) is 0. The molecule has 0 saturated heterocycles. The van der Waals surface area contributed by atoms with Gasteiger partial charge in [0.2, 0.25) is 0 Å². The van der Waals surface area contributed by atoms with Crippen molar-refractivity contribution in [3.63, 3.8) is 0 Å². The van der Waals surface area contributed by atoms with E-state index >= 15 is 0 Å². The number of hydrogen-bond donors (Lipinski definition) is 0. The molecule has 0 N–H and O–H groups in total. The molecule has 0 unspecified atom stereocenters. The topological polar surface area (TPSA) is 74.0 Å². The van der Waals surface area contributed by atoms with Crippen molar-refractivity contribution >= 4 is 43.3 Å². The van der Waals surface area contributed by atoms with Crippen LogP contribution < -0.4 is 5.56 Å². The van der Waals surface area contributed by atoms with Crippen LogP contribution in [0, 0.1) is 6.92 Å². The van der Waals surface area contributed by atoms with Crippen LogP contribution in [0.25, 0.3) is 32.8 Å². The average Bonchev–Trinajstić information content (AvgIpc) is 3.22. The van der Waals surface area contributed by atoms with Gasteiger partial charge < -0.3 is 4.57 Å². The van der Waals surface area contributed by atoms with Crippen LogP contribution >= 0.6 is 11.6 Å². The van der Waals surface area contributed by atoms with Gasteiger partial charge in [-0.25, -0.2) is 17.4 Å². The van der Waals surface area contributed by atoms with Gasteiger partial charge in [0, 0.05) is 42.0 Å². The molecule has 3 aromatic heterocycles. The second kappa shape index (κ2) is 7.32. The maximum atomic E-state index is 13.3. The summed E-state index contributed by atoms with van der Waals surface area (Å²) in [6.07, 6.45) is 4.85. The first kappa shape index (κ1) is 20.5. The molecular weight excluding hydrogens is 446 g/mol. The molecule has 5 rings (SSSR count). The Balaban J connectivity index is 1.76. The van der Waals surface area contributed by atoms with Gasteiger partial charge in [-0.2, -0.15) is 0 Å². The molecule has 0 aliphatic heterocycles. The molecule has 0 spiro atoms. The van der Waals surface area contributed by atoms with Crippen LogP contribution in [0.3, 0.4) is 0 Å². The average molecular weight is 464 g/mol. The lowest BCUT2D eigenvalue weighted by molar-refractivity contribution is 0.589. The summed E-state index contributed by atoms with van der Waals surface area (Å²) in [6.45, 7) is 1.89. The van der Waals surface area contributed by atoms with Crippen molar-refractivity contribution in [1.29, 1.82) is 0 Å². The summed E-state index contributed by atoms with van der Waals surface area (Å²) in [5.41, 5.74) is 2.26. The van der Waals surface area contributed by atoms with Crippen LogP contribution in [0.1, 0.15) is 5.56 Å². The van der Waals surface area contributed by atoms with Gasteiger partial charge in [0.05, 0.1) is 4.90 Å². The van der Waals surface area contributed by atoms with Gasteiger partial charge in [0.1, 0.15) is 10.7 Å². The monoisotopic (exact) mass is 463 g/mol. The maximum absolute atomic E-state index is 13.3. The highest BCUT2D eigenvalue weighted by molar-refractivity contribution is 7.90. The summed E-state index contributed by atoms with van der Waals surface area (Å²) >= 11 is 5.99. The van der Waals surface area contributed by atoms with E-state index in [0.29, 0.717) is 10.5 Å². The SMILES string of the molecule is Cc1ccc(S(=O)(=O)n2ccc3c(-c4ccc5cc(Cl)ncc5c4)cn(C)c(=O)c32)cc1. The molecule has 0 aliphatic rings. The summed E-state index contributed by atoms with van der Waals surface area (Å²) in [6, 6.07) is 15.8. The number of halogens is 1. The molecule has 8 heteroatoms. The first-order valence-electron chi connectivity index (χ1n) is 9.84. The van der Waals surface area contributed by atoms with E-state index in [2.05, 4.69) is 4.98 Å². The standard InChI is InChI=1S/C24H18ClN3O3S/c1-15-3-7-19(8-4-15)32(30,31)28-10-9-20-21(14-27(2)24(29)23(20)28)17-6-5-16-12-22(25)26-13-18(16)11-17/h3-14H,1-2H3. The van der Waals surface area contributed by atoms with Crippen molar-refractivity contribution in [2.45, 2.75) is 11.8 Å².